The first-order chi connectivity index (χ1) is 15.9. The van der Waals surface area contributed by atoms with Gasteiger partial charge in [-0.05, 0) is 62.2 Å². The molecule has 0 aliphatic heterocycles. The zero-order valence-corrected chi connectivity index (χ0v) is 21.2. The predicted octanol–water partition coefficient (Wildman–Crippen LogP) is 4.97. The molecule has 7 nitrogen and oxygen atoms in total. The number of ether oxygens (including phenoxy) is 1. The number of hydrogen-bond acceptors (Lipinski definition) is 6. The van der Waals surface area contributed by atoms with E-state index in [-0.39, 0.29) is 10.6 Å². The van der Waals surface area contributed by atoms with Gasteiger partial charge < -0.3 is 21.1 Å². The zero-order valence-electron chi connectivity index (χ0n) is 20.4. The molecule has 0 heterocycles. The molecule has 0 saturated carbocycles. The maximum absolute atomic E-state index is 12.3. The number of nitrogens with two attached hydrogens (primary N) is 2. The van der Waals surface area contributed by atoms with E-state index in [2.05, 4.69) is 31.4 Å². The molecule has 186 valence electrons. The van der Waals surface area contributed by atoms with E-state index < -0.39 is 10.0 Å². The Balaban J connectivity index is 0.000000981. The van der Waals surface area contributed by atoms with Crippen LogP contribution in [0.3, 0.4) is 0 Å². The van der Waals surface area contributed by atoms with Crippen molar-refractivity contribution in [2.75, 3.05) is 25.0 Å². The number of nitrogens with one attached hydrogen (secondary N) is 2. The van der Waals surface area contributed by atoms with Crippen LogP contribution in [-0.2, 0) is 16.6 Å². The molecule has 0 aliphatic rings. The van der Waals surface area contributed by atoms with Crippen LogP contribution in [-0.4, -0.2) is 28.1 Å². The Morgan fingerprint density at radius 1 is 0.909 bits per heavy atom. The number of benzene rings is 2. The minimum absolute atomic E-state index is 0.00913. The average molecular weight is 479 g/mol. The largest absolute Gasteiger partial charge is 0.454 e. The molecule has 0 spiro atoms. The molecule has 2 aromatic rings. The topological polar surface area (TPSA) is 119 Å². The SMILES string of the molecule is CCCCN.CCCCNCc1cc(NCCCC)c(Oc2ccccc2)c(S(N)(=O)=O)c1. The minimum atomic E-state index is -3.96. The number of primary sulfonamides is 1. The second kappa shape index (κ2) is 16.5. The lowest BCUT2D eigenvalue weighted by molar-refractivity contribution is 0.468. The molecule has 33 heavy (non-hydrogen) atoms. The van der Waals surface area contributed by atoms with E-state index in [1.807, 2.05) is 24.3 Å². The van der Waals surface area contributed by atoms with Gasteiger partial charge in [0.05, 0.1) is 5.69 Å². The quantitative estimate of drug-likeness (QED) is 0.285. The Bertz CT molecular complexity index is 888. The van der Waals surface area contributed by atoms with Gasteiger partial charge in [0.1, 0.15) is 10.6 Å². The van der Waals surface area contributed by atoms with Crippen LogP contribution in [0.1, 0.15) is 64.9 Å². The molecule has 0 atom stereocenters. The Morgan fingerprint density at radius 3 is 2.09 bits per heavy atom. The Hall–Kier alpha value is -2.13. The van der Waals surface area contributed by atoms with Crippen molar-refractivity contribution in [3.63, 3.8) is 0 Å². The van der Waals surface area contributed by atoms with E-state index in [0.717, 1.165) is 50.9 Å². The number of sulfonamides is 1. The van der Waals surface area contributed by atoms with Crippen LogP contribution < -0.4 is 26.2 Å². The third kappa shape index (κ3) is 11.5. The van der Waals surface area contributed by atoms with Crippen LogP contribution in [0.25, 0.3) is 0 Å². The average Bonchev–Trinajstić information content (AvgIpc) is 2.79. The first kappa shape index (κ1) is 28.9. The summed E-state index contributed by atoms with van der Waals surface area (Å²) in [5.41, 5.74) is 6.62. The fourth-order valence-corrected chi connectivity index (χ4v) is 3.68. The van der Waals surface area contributed by atoms with Gasteiger partial charge in [-0.2, -0.15) is 0 Å². The van der Waals surface area contributed by atoms with Crippen LogP contribution in [0.5, 0.6) is 11.5 Å². The van der Waals surface area contributed by atoms with Gasteiger partial charge in [-0.3, -0.25) is 0 Å². The van der Waals surface area contributed by atoms with Gasteiger partial charge in [-0.15, -0.1) is 0 Å². The van der Waals surface area contributed by atoms with Crippen LogP contribution in [0, 0.1) is 0 Å². The zero-order chi connectivity index (χ0) is 24.5. The van der Waals surface area contributed by atoms with Crippen molar-refractivity contribution in [3.05, 3.63) is 48.0 Å². The second-order valence-electron chi connectivity index (χ2n) is 7.88. The van der Waals surface area contributed by atoms with Gasteiger partial charge in [0, 0.05) is 13.1 Å². The lowest BCUT2D eigenvalue weighted by atomic mass is 10.1. The van der Waals surface area contributed by atoms with Crippen molar-refractivity contribution >= 4 is 15.7 Å². The predicted molar refractivity (Wildman–Crippen MR) is 138 cm³/mol. The third-order valence-corrected chi connectivity index (χ3v) is 5.74. The molecule has 8 heteroatoms. The Kier molecular flexibility index (Phi) is 14.4. The summed E-state index contributed by atoms with van der Waals surface area (Å²) in [6.07, 6.45) is 6.55. The van der Waals surface area contributed by atoms with Crippen LogP contribution in [0.4, 0.5) is 5.69 Å². The first-order valence-corrected chi connectivity index (χ1v) is 13.5. The van der Waals surface area contributed by atoms with Crippen LogP contribution >= 0.6 is 0 Å². The van der Waals surface area contributed by atoms with E-state index in [4.69, 9.17) is 15.6 Å². The summed E-state index contributed by atoms with van der Waals surface area (Å²) in [5, 5.41) is 12.2. The van der Waals surface area contributed by atoms with Gasteiger partial charge in [0.15, 0.2) is 5.75 Å². The van der Waals surface area contributed by atoms with E-state index >= 15 is 0 Å². The molecule has 0 fully saturated rings. The van der Waals surface area contributed by atoms with Crippen molar-refractivity contribution < 1.29 is 13.2 Å². The summed E-state index contributed by atoms with van der Waals surface area (Å²) >= 11 is 0. The van der Waals surface area contributed by atoms with E-state index in [1.165, 1.54) is 12.8 Å². The highest BCUT2D eigenvalue weighted by Gasteiger charge is 2.21. The molecule has 6 N–H and O–H groups in total. The molecule has 0 saturated heterocycles. The van der Waals surface area contributed by atoms with Crippen molar-refractivity contribution in [1.29, 1.82) is 0 Å². The molecule has 2 rings (SSSR count). The number of hydrogen-bond donors (Lipinski definition) is 4. The first-order valence-electron chi connectivity index (χ1n) is 11.9. The Labute approximate surface area is 200 Å². The van der Waals surface area contributed by atoms with Gasteiger partial charge >= 0.3 is 0 Å². The van der Waals surface area contributed by atoms with Gasteiger partial charge in [-0.25, -0.2) is 13.6 Å². The summed E-state index contributed by atoms with van der Waals surface area (Å²) in [5.74, 6) is 0.793. The fraction of sp³-hybridized carbons (Fsp3) is 0.520. The van der Waals surface area contributed by atoms with Crippen molar-refractivity contribution in [1.82, 2.24) is 5.32 Å². The minimum Gasteiger partial charge on any atom is -0.454 e. The van der Waals surface area contributed by atoms with E-state index in [1.54, 1.807) is 18.2 Å². The molecule has 0 unspecified atom stereocenters. The standard InChI is InChI=1S/C21H31N3O3S.C4H11N/c1-3-5-12-23-16-17-14-19(24-13-6-4-2)21(20(15-17)28(22,25)26)27-18-10-8-7-9-11-18;1-2-3-4-5/h7-11,14-15,23-24H,3-6,12-13,16H2,1-2H3,(H2,22,25,26);2-5H2,1H3. The Morgan fingerprint density at radius 2 is 1.55 bits per heavy atom. The molecule has 0 radical (unpaired) electrons. The molecule has 0 aromatic heterocycles. The summed E-state index contributed by atoms with van der Waals surface area (Å²) in [6, 6.07) is 12.6. The molecular formula is C25H42N4O3S. The molecule has 0 amide bonds. The number of rotatable bonds is 14. The summed E-state index contributed by atoms with van der Waals surface area (Å²) in [4.78, 5) is -0.00913. The lowest BCUT2D eigenvalue weighted by Gasteiger charge is -2.18. The number of anilines is 1. The maximum atomic E-state index is 12.3. The normalized spacial score (nSPS) is 10.9. The summed E-state index contributed by atoms with van der Waals surface area (Å²) < 4.78 is 30.6. The van der Waals surface area contributed by atoms with Gasteiger partial charge in [0.2, 0.25) is 10.0 Å². The van der Waals surface area contributed by atoms with Crippen molar-refractivity contribution in [3.8, 4) is 11.5 Å². The lowest BCUT2D eigenvalue weighted by Crippen LogP contribution is -2.18. The molecule has 0 aliphatic carbocycles. The van der Waals surface area contributed by atoms with E-state index in [0.29, 0.717) is 18.0 Å². The third-order valence-electron chi connectivity index (χ3n) is 4.82. The highest BCUT2D eigenvalue weighted by Crippen LogP contribution is 2.37. The van der Waals surface area contributed by atoms with Crippen molar-refractivity contribution in [2.45, 2.75) is 70.7 Å². The molecular weight excluding hydrogens is 436 g/mol. The molecule has 2 aromatic carbocycles. The van der Waals surface area contributed by atoms with Crippen molar-refractivity contribution in [2.24, 2.45) is 10.9 Å². The van der Waals surface area contributed by atoms with Gasteiger partial charge in [0.25, 0.3) is 0 Å². The van der Waals surface area contributed by atoms with E-state index in [9.17, 15) is 8.42 Å². The maximum Gasteiger partial charge on any atom is 0.241 e. The monoisotopic (exact) mass is 478 g/mol. The summed E-state index contributed by atoms with van der Waals surface area (Å²) in [6.45, 7) is 9.37. The number of unbranched alkanes of at least 4 members (excludes halogenated alkanes) is 3. The number of para-hydroxylation sites is 1. The summed E-state index contributed by atoms with van der Waals surface area (Å²) in [7, 11) is -3.96. The van der Waals surface area contributed by atoms with Gasteiger partial charge in [-0.1, -0.05) is 58.2 Å². The molecule has 0 bridgehead atoms. The highest BCUT2D eigenvalue weighted by atomic mass is 32.2. The smallest absolute Gasteiger partial charge is 0.241 e. The fourth-order valence-electron chi connectivity index (χ4n) is 2.95. The van der Waals surface area contributed by atoms with Crippen LogP contribution in [0.15, 0.2) is 47.4 Å². The highest BCUT2D eigenvalue weighted by molar-refractivity contribution is 7.89. The van der Waals surface area contributed by atoms with Crippen LogP contribution in [0.2, 0.25) is 0 Å². The second-order valence-corrected chi connectivity index (χ2v) is 9.41.